The van der Waals surface area contributed by atoms with Crippen LogP contribution in [0.1, 0.15) is 20.3 Å². The number of hydrogen-bond donors (Lipinski definition) is 2. The Balaban J connectivity index is 4.61. The SMILES string of the molecule is CCC(C)(CNO)S(C)(=O)=O. The second-order valence-corrected chi connectivity index (χ2v) is 5.44. The van der Waals surface area contributed by atoms with Crippen molar-refractivity contribution in [3.05, 3.63) is 0 Å². The first kappa shape index (κ1) is 10.9. The third-order valence-electron chi connectivity index (χ3n) is 2.10. The van der Waals surface area contributed by atoms with Crippen LogP contribution in [-0.2, 0) is 9.84 Å². The molecule has 0 radical (unpaired) electrons. The number of hydrogen-bond acceptors (Lipinski definition) is 4. The minimum absolute atomic E-state index is 0.0718. The van der Waals surface area contributed by atoms with E-state index in [-0.39, 0.29) is 6.54 Å². The lowest BCUT2D eigenvalue weighted by molar-refractivity contribution is 0.155. The van der Waals surface area contributed by atoms with Crippen molar-refractivity contribution in [1.29, 1.82) is 0 Å². The van der Waals surface area contributed by atoms with Gasteiger partial charge in [0.15, 0.2) is 9.84 Å². The fourth-order valence-electron chi connectivity index (χ4n) is 0.686. The Bertz CT molecular complexity index is 212. The third kappa shape index (κ3) is 2.43. The maximum Gasteiger partial charge on any atom is 0.154 e. The highest BCUT2D eigenvalue weighted by Crippen LogP contribution is 2.18. The molecule has 0 aromatic carbocycles. The zero-order valence-electron chi connectivity index (χ0n) is 7.09. The van der Waals surface area contributed by atoms with E-state index in [9.17, 15) is 8.42 Å². The van der Waals surface area contributed by atoms with E-state index in [4.69, 9.17) is 5.21 Å². The van der Waals surface area contributed by atoms with Gasteiger partial charge in [0.05, 0.1) is 4.75 Å². The fraction of sp³-hybridized carbons (Fsp3) is 1.00. The van der Waals surface area contributed by atoms with Crippen LogP contribution in [0.25, 0.3) is 0 Å². The Morgan fingerprint density at radius 3 is 2.09 bits per heavy atom. The van der Waals surface area contributed by atoms with E-state index < -0.39 is 14.6 Å². The van der Waals surface area contributed by atoms with Gasteiger partial charge in [-0.3, -0.25) is 0 Å². The average molecular weight is 181 g/mol. The standard InChI is InChI=1S/C6H15NO3S/c1-4-6(2,5-7-8)11(3,9)10/h7-8H,4-5H2,1-3H3. The summed E-state index contributed by atoms with van der Waals surface area (Å²) in [7, 11) is -3.10. The summed E-state index contributed by atoms with van der Waals surface area (Å²) >= 11 is 0. The molecule has 0 aliphatic rings. The number of sulfone groups is 1. The molecule has 2 N–H and O–H groups in total. The zero-order valence-corrected chi connectivity index (χ0v) is 7.90. The summed E-state index contributed by atoms with van der Waals surface area (Å²) < 4.78 is 21.4. The lowest BCUT2D eigenvalue weighted by Crippen LogP contribution is -2.42. The van der Waals surface area contributed by atoms with E-state index >= 15 is 0 Å². The van der Waals surface area contributed by atoms with Crippen LogP contribution in [0.2, 0.25) is 0 Å². The van der Waals surface area contributed by atoms with Gasteiger partial charge in [-0.25, -0.2) is 13.9 Å². The van der Waals surface area contributed by atoms with Gasteiger partial charge in [-0.2, -0.15) is 0 Å². The van der Waals surface area contributed by atoms with Crippen molar-refractivity contribution in [1.82, 2.24) is 5.48 Å². The maximum absolute atomic E-state index is 11.1. The first-order chi connectivity index (χ1) is 4.87. The lowest BCUT2D eigenvalue weighted by Gasteiger charge is -2.24. The minimum atomic E-state index is -3.10. The molecule has 5 heteroatoms. The highest BCUT2D eigenvalue weighted by molar-refractivity contribution is 7.92. The number of rotatable bonds is 4. The largest absolute Gasteiger partial charge is 0.317 e. The monoisotopic (exact) mass is 181 g/mol. The highest BCUT2D eigenvalue weighted by Gasteiger charge is 2.33. The van der Waals surface area contributed by atoms with E-state index in [1.807, 2.05) is 5.48 Å². The van der Waals surface area contributed by atoms with Crippen LogP contribution in [0.4, 0.5) is 0 Å². The molecule has 68 valence electrons. The Hall–Kier alpha value is -0.130. The summed E-state index contributed by atoms with van der Waals surface area (Å²) in [5.41, 5.74) is 1.89. The van der Waals surface area contributed by atoms with E-state index in [0.29, 0.717) is 6.42 Å². The Labute approximate surface area is 67.5 Å². The lowest BCUT2D eigenvalue weighted by atomic mass is 10.1. The van der Waals surface area contributed by atoms with Crippen LogP contribution in [0.15, 0.2) is 0 Å². The van der Waals surface area contributed by atoms with Crippen molar-refractivity contribution in [3.8, 4) is 0 Å². The van der Waals surface area contributed by atoms with Crippen molar-refractivity contribution >= 4 is 9.84 Å². The van der Waals surface area contributed by atoms with Crippen LogP contribution in [0.3, 0.4) is 0 Å². The topological polar surface area (TPSA) is 66.4 Å². The van der Waals surface area contributed by atoms with Gasteiger partial charge in [-0.05, 0) is 13.3 Å². The summed E-state index contributed by atoms with van der Waals surface area (Å²) in [6.45, 7) is 3.45. The van der Waals surface area contributed by atoms with Crippen LogP contribution < -0.4 is 5.48 Å². The molecule has 11 heavy (non-hydrogen) atoms. The third-order valence-corrected chi connectivity index (χ3v) is 4.32. The van der Waals surface area contributed by atoms with Crippen molar-refractivity contribution in [2.24, 2.45) is 0 Å². The summed E-state index contributed by atoms with van der Waals surface area (Å²) in [6.07, 6.45) is 1.66. The normalized spacial score (nSPS) is 17.8. The first-order valence-electron chi connectivity index (χ1n) is 3.44. The van der Waals surface area contributed by atoms with Crippen molar-refractivity contribution in [2.75, 3.05) is 12.8 Å². The van der Waals surface area contributed by atoms with E-state index in [1.165, 1.54) is 6.26 Å². The smallest absolute Gasteiger partial charge is 0.154 e. The average Bonchev–Trinajstić information content (AvgIpc) is 1.86. The van der Waals surface area contributed by atoms with Gasteiger partial charge in [0.1, 0.15) is 0 Å². The highest BCUT2D eigenvalue weighted by atomic mass is 32.2. The van der Waals surface area contributed by atoms with Gasteiger partial charge in [0, 0.05) is 12.8 Å². The van der Waals surface area contributed by atoms with E-state index in [0.717, 1.165) is 0 Å². The summed E-state index contributed by atoms with van der Waals surface area (Å²) in [4.78, 5) is 0. The van der Waals surface area contributed by atoms with Gasteiger partial charge >= 0.3 is 0 Å². The molecular weight excluding hydrogens is 166 g/mol. The molecular formula is C6H15NO3S. The molecule has 4 nitrogen and oxygen atoms in total. The van der Waals surface area contributed by atoms with Crippen LogP contribution in [0.5, 0.6) is 0 Å². The Kier molecular flexibility index (Phi) is 3.47. The minimum Gasteiger partial charge on any atom is -0.317 e. The summed E-state index contributed by atoms with van der Waals surface area (Å²) in [6, 6.07) is 0. The van der Waals surface area contributed by atoms with Crippen molar-refractivity contribution in [2.45, 2.75) is 25.0 Å². The maximum atomic E-state index is 11.1. The number of hydroxylamine groups is 1. The van der Waals surface area contributed by atoms with Crippen LogP contribution >= 0.6 is 0 Å². The molecule has 0 aliphatic carbocycles. The summed E-state index contributed by atoms with van der Waals surface area (Å²) in [5, 5.41) is 8.38. The second kappa shape index (κ2) is 3.51. The molecule has 0 spiro atoms. The Morgan fingerprint density at radius 2 is 2.00 bits per heavy atom. The number of nitrogens with one attached hydrogen (secondary N) is 1. The predicted octanol–water partition coefficient (Wildman–Crippen LogP) is 0.179. The van der Waals surface area contributed by atoms with Gasteiger partial charge in [-0.1, -0.05) is 6.92 Å². The van der Waals surface area contributed by atoms with Crippen LogP contribution in [0, 0.1) is 0 Å². The molecule has 0 aromatic heterocycles. The van der Waals surface area contributed by atoms with Gasteiger partial charge in [0.2, 0.25) is 0 Å². The molecule has 0 bridgehead atoms. The molecule has 0 heterocycles. The molecule has 0 fully saturated rings. The van der Waals surface area contributed by atoms with E-state index in [2.05, 4.69) is 0 Å². The van der Waals surface area contributed by atoms with Crippen molar-refractivity contribution < 1.29 is 13.6 Å². The predicted molar refractivity (Wildman–Crippen MR) is 43.3 cm³/mol. The van der Waals surface area contributed by atoms with E-state index in [1.54, 1.807) is 13.8 Å². The zero-order chi connectivity index (χ0) is 9.12. The van der Waals surface area contributed by atoms with Crippen LogP contribution in [-0.4, -0.2) is 31.2 Å². The van der Waals surface area contributed by atoms with Gasteiger partial charge in [0.25, 0.3) is 0 Å². The molecule has 0 rings (SSSR count). The molecule has 1 unspecified atom stereocenters. The first-order valence-corrected chi connectivity index (χ1v) is 5.33. The quantitative estimate of drug-likeness (QED) is 0.607. The fourth-order valence-corrected chi connectivity index (χ4v) is 1.54. The molecule has 0 aromatic rings. The molecule has 1 atom stereocenters. The van der Waals surface area contributed by atoms with Gasteiger partial charge in [-0.15, -0.1) is 0 Å². The van der Waals surface area contributed by atoms with Crippen molar-refractivity contribution in [3.63, 3.8) is 0 Å². The van der Waals surface area contributed by atoms with Gasteiger partial charge < -0.3 is 5.21 Å². The molecule has 0 saturated heterocycles. The molecule has 0 saturated carbocycles. The molecule has 0 aliphatic heterocycles. The molecule has 0 amide bonds. The summed E-state index contributed by atoms with van der Waals surface area (Å²) in [5.74, 6) is 0. The Morgan fingerprint density at radius 1 is 1.55 bits per heavy atom. The second-order valence-electron chi connectivity index (χ2n) is 2.91.